The van der Waals surface area contributed by atoms with E-state index in [9.17, 15) is 4.79 Å². The first-order valence-electron chi connectivity index (χ1n) is 6.80. The van der Waals surface area contributed by atoms with E-state index >= 15 is 0 Å². The van der Waals surface area contributed by atoms with Gasteiger partial charge < -0.3 is 4.74 Å². The molecule has 0 spiro atoms. The number of fused-ring (bicyclic) bond motifs is 2. The second-order valence-electron chi connectivity index (χ2n) is 6.47. The summed E-state index contributed by atoms with van der Waals surface area (Å²) < 4.78 is 5.53. The lowest BCUT2D eigenvalue weighted by atomic mass is 9.68. The van der Waals surface area contributed by atoms with Crippen LogP contribution in [0.25, 0.3) is 0 Å². The number of ether oxygens (including phenoxy) is 1. The number of nitrogens with one attached hydrogen (secondary N) is 1. The molecule has 1 aromatic heterocycles. The van der Waals surface area contributed by atoms with Crippen molar-refractivity contribution in [3.05, 3.63) is 12.2 Å². The van der Waals surface area contributed by atoms with Crippen LogP contribution in [-0.4, -0.2) is 37.8 Å². The third-order valence-electron chi connectivity index (χ3n) is 3.97. The number of carbonyl (C=O) groups is 1. The van der Waals surface area contributed by atoms with Crippen LogP contribution in [0.5, 0.6) is 0 Å². The fourth-order valence-corrected chi connectivity index (χ4v) is 3.29. The van der Waals surface area contributed by atoms with Crippen molar-refractivity contribution in [2.45, 2.75) is 63.6 Å². The largest absolute Gasteiger partial charge is 0.444 e. The van der Waals surface area contributed by atoms with Crippen LogP contribution in [0.2, 0.25) is 0 Å². The van der Waals surface area contributed by atoms with Gasteiger partial charge in [0, 0.05) is 6.04 Å². The number of hydrogen-bond acceptors (Lipinski definition) is 4. The van der Waals surface area contributed by atoms with E-state index in [0.717, 1.165) is 31.5 Å². The number of aromatic nitrogens is 3. The predicted molar refractivity (Wildman–Crippen MR) is 68.4 cm³/mol. The first kappa shape index (κ1) is 12.4. The van der Waals surface area contributed by atoms with Crippen molar-refractivity contribution in [2.75, 3.05) is 0 Å². The third kappa shape index (κ3) is 1.89. The van der Waals surface area contributed by atoms with E-state index in [1.807, 2.05) is 25.7 Å². The molecule has 1 aliphatic carbocycles. The van der Waals surface area contributed by atoms with Crippen LogP contribution in [0.15, 0.2) is 6.33 Å². The molecule has 3 fully saturated rings. The van der Waals surface area contributed by atoms with Crippen LogP contribution >= 0.6 is 0 Å². The van der Waals surface area contributed by atoms with Crippen molar-refractivity contribution in [1.29, 1.82) is 0 Å². The minimum Gasteiger partial charge on any atom is -0.444 e. The van der Waals surface area contributed by atoms with Gasteiger partial charge >= 0.3 is 6.09 Å². The van der Waals surface area contributed by atoms with Crippen LogP contribution in [0, 0.1) is 0 Å². The maximum Gasteiger partial charge on any atom is 0.411 e. The number of piperidine rings is 1. The van der Waals surface area contributed by atoms with Gasteiger partial charge in [-0.2, -0.15) is 5.10 Å². The Bertz CT molecular complexity index is 475. The van der Waals surface area contributed by atoms with Gasteiger partial charge in [0.1, 0.15) is 23.3 Å². The minimum atomic E-state index is -0.469. The zero-order valence-electron chi connectivity index (χ0n) is 11.6. The van der Waals surface area contributed by atoms with E-state index in [-0.39, 0.29) is 17.7 Å². The predicted octanol–water partition coefficient (Wildman–Crippen LogP) is 2.19. The average molecular weight is 264 g/mol. The molecule has 2 aliphatic heterocycles. The highest BCUT2D eigenvalue weighted by atomic mass is 16.6. The van der Waals surface area contributed by atoms with Crippen molar-refractivity contribution in [1.82, 2.24) is 20.1 Å². The Morgan fingerprint density at radius 2 is 2.37 bits per heavy atom. The van der Waals surface area contributed by atoms with E-state index in [4.69, 9.17) is 4.74 Å². The zero-order chi connectivity index (χ0) is 13.7. The van der Waals surface area contributed by atoms with E-state index in [1.165, 1.54) is 6.33 Å². The summed E-state index contributed by atoms with van der Waals surface area (Å²) in [6.07, 6.45) is 5.32. The van der Waals surface area contributed by atoms with E-state index in [2.05, 4.69) is 15.2 Å². The first-order chi connectivity index (χ1) is 8.92. The molecule has 0 radical (unpaired) electrons. The quantitative estimate of drug-likeness (QED) is 0.844. The smallest absolute Gasteiger partial charge is 0.411 e. The van der Waals surface area contributed by atoms with Gasteiger partial charge in [-0.15, -0.1) is 0 Å². The number of hydrogen-bond donors (Lipinski definition) is 1. The molecule has 19 heavy (non-hydrogen) atoms. The normalized spacial score (nSPS) is 29.8. The summed E-state index contributed by atoms with van der Waals surface area (Å²) >= 11 is 0. The molecule has 104 valence electrons. The molecule has 2 atom stereocenters. The van der Waals surface area contributed by atoms with Gasteiger partial charge in [-0.25, -0.2) is 9.78 Å². The van der Waals surface area contributed by atoms with Gasteiger partial charge in [0.05, 0.1) is 0 Å². The van der Waals surface area contributed by atoms with Crippen LogP contribution < -0.4 is 0 Å². The van der Waals surface area contributed by atoms with Crippen LogP contribution in [0.3, 0.4) is 0 Å². The van der Waals surface area contributed by atoms with Crippen molar-refractivity contribution in [3.8, 4) is 0 Å². The Labute approximate surface area is 112 Å². The number of carbonyl (C=O) groups excluding carboxylic acids is 1. The summed E-state index contributed by atoms with van der Waals surface area (Å²) in [5.41, 5.74) is -0.786. The van der Waals surface area contributed by atoms with Gasteiger partial charge in [-0.05, 0) is 46.5 Å². The lowest BCUT2D eigenvalue weighted by Gasteiger charge is -2.60. The topological polar surface area (TPSA) is 71.1 Å². The highest BCUT2D eigenvalue weighted by molar-refractivity contribution is 5.71. The summed E-state index contributed by atoms with van der Waals surface area (Å²) in [5, 5.41) is 6.84. The monoisotopic (exact) mass is 264 g/mol. The van der Waals surface area contributed by atoms with Crippen molar-refractivity contribution < 1.29 is 9.53 Å². The number of rotatable bonds is 1. The number of aromatic amines is 1. The summed E-state index contributed by atoms with van der Waals surface area (Å²) in [6, 6.07) is 0.286. The highest BCUT2D eigenvalue weighted by Gasteiger charge is 2.60. The lowest BCUT2D eigenvalue weighted by Crippen LogP contribution is -2.69. The molecule has 0 aromatic carbocycles. The lowest BCUT2D eigenvalue weighted by molar-refractivity contribution is -0.118. The zero-order valence-corrected chi connectivity index (χ0v) is 11.6. The maximum atomic E-state index is 12.4. The molecular formula is C13H20N4O2. The SMILES string of the molecule is CC(C)(C)OC(=O)N1C2CCCC1(c1ncn[nH]1)C2. The Kier molecular flexibility index (Phi) is 2.59. The van der Waals surface area contributed by atoms with Gasteiger partial charge in [-0.3, -0.25) is 10.00 Å². The Morgan fingerprint density at radius 3 is 2.95 bits per heavy atom. The van der Waals surface area contributed by atoms with E-state index in [1.54, 1.807) is 0 Å². The summed E-state index contributed by atoms with van der Waals surface area (Å²) in [6.45, 7) is 5.67. The third-order valence-corrected chi connectivity index (χ3v) is 3.97. The highest BCUT2D eigenvalue weighted by Crippen LogP contribution is 2.53. The van der Waals surface area contributed by atoms with E-state index < -0.39 is 5.60 Å². The fourth-order valence-electron chi connectivity index (χ4n) is 3.29. The van der Waals surface area contributed by atoms with Crippen molar-refractivity contribution >= 4 is 6.09 Å². The molecule has 1 aromatic rings. The van der Waals surface area contributed by atoms with Gasteiger partial charge in [0.25, 0.3) is 0 Å². The molecule has 1 saturated carbocycles. The fraction of sp³-hybridized carbons (Fsp3) is 0.769. The van der Waals surface area contributed by atoms with Gasteiger partial charge in [0.2, 0.25) is 0 Å². The Morgan fingerprint density at radius 1 is 1.58 bits per heavy atom. The van der Waals surface area contributed by atoms with Crippen molar-refractivity contribution in [3.63, 3.8) is 0 Å². The molecule has 3 aliphatic rings. The van der Waals surface area contributed by atoms with Gasteiger partial charge in [0.15, 0.2) is 0 Å². The molecule has 3 heterocycles. The molecule has 4 rings (SSSR count). The summed E-state index contributed by atoms with van der Waals surface area (Å²) in [5.74, 6) is 0.786. The van der Waals surface area contributed by atoms with Gasteiger partial charge in [-0.1, -0.05) is 0 Å². The second-order valence-corrected chi connectivity index (χ2v) is 6.47. The summed E-state index contributed by atoms with van der Waals surface area (Å²) in [4.78, 5) is 18.5. The molecule has 1 N–H and O–H groups in total. The number of nitrogens with zero attached hydrogens (tertiary/aromatic N) is 3. The standard InChI is InChI=1S/C13H20N4O2/c1-12(2,3)19-11(18)17-9-5-4-6-13(17,7-9)10-14-8-15-16-10/h8-9H,4-7H2,1-3H3,(H,14,15,16). The second kappa shape index (κ2) is 3.95. The molecular weight excluding hydrogens is 244 g/mol. The van der Waals surface area contributed by atoms with Crippen molar-refractivity contribution in [2.24, 2.45) is 0 Å². The molecule has 2 saturated heterocycles. The van der Waals surface area contributed by atoms with Crippen LogP contribution in [0.1, 0.15) is 52.3 Å². The molecule has 6 heteroatoms. The molecule has 2 unspecified atom stereocenters. The Hall–Kier alpha value is -1.59. The van der Waals surface area contributed by atoms with Crippen LogP contribution in [0.4, 0.5) is 4.79 Å². The minimum absolute atomic E-state index is 0.236. The van der Waals surface area contributed by atoms with Crippen LogP contribution in [-0.2, 0) is 10.3 Å². The molecule has 6 nitrogen and oxygen atoms in total. The van der Waals surface area contributed by atoms with E-state index in [0.29, 0.717) is 0 Å². The first-order valence-corrected chi connectivity index (χ1v) is 6.80. The Balaban J connectivity index is 1.86. The molecule has 1 amide bonds. The number of amides is 1. The average Bonchev–Trinajstić information content (AvgIpc) is 2.79. The number of H-pyrrole nitrogens is 1. The molecule has 2 bridgehead atoms. The maximum absolute atomic E-state index is 12.4. The summed E-state index contributed by atoms with van der Waals surface area (Å²) in [7, 11) is 0.